The molecule has 18 heavy (non-hydrogen) atoms. The van der Waals surface area contributed by atoms with E-state index in [4.69, 9.17) is 5.73 Å². The van der Waals surface area contributed by atoms with Crippen LogP contribution in [0, 0.1) is 0 Å². The SMILES string of the molecule is [NH]c1cccc(-n2c(O)c(O)n(C3CC3)c2=O)c1. The summed E-state index contributed by atoms with van der Waals surface area (Å²) in [4.78, 5) is 12.1. The van der Waals surface area contributed by atoms with Gasteiger partial charge in [-0.2, -0.15) is 0 Å². The fourth-order valence-corrected chi connectivity index (χ4v) is 2.04. The Morgan fingerprint density at radius 2 is 1.94 bits per heavy atom. The standard InChI is InChI=1S/C12H12N3O3/c13-7-2-1-3-9(6-7)15-11(17)10(16)14(12(15)18)8-4-5-8/h1-3,6,8,13,16-17H,4-5H2. The summed E-state index contributed by atoms with van der Waals surface area (Å²) in [5.41, 5.74) is 7.65. The summed E-state index contributed by atoms with van der Waals surface area (Å²) in [6.07, 6.45) is 1.66. The molecule has 0 spiro atoms. The fourth-order valence-electron chi connectivity index (χ4n) is 2.04. The fraction of sp³-hybridized carbons (Fsp3) is 0.250. The van der Waals surface area contributed by atoms with Crippen molar-refractivity contribution in [3.8, 4) is 17.4 Å². The summed E-state index contributed by atoms with van der Waals surface area (Å²) in [6, 6.07) is 6.23. The number of hydrogen-bond acceptors (Lipinski definition) is 3. The molecule has 1 aromatic heterocycles. The number of aromatic nitrogens is 2. The van der Waals surface area contributed by atoms with Gasteiger partial charge in [-0.05, 0) is 31.0 Å². The van der Waals surface area contributed by atoms with Gasteiger partial charge in [-0.25, -0.2) is 9.36 Å². The first-order chi connectivity index (χ1) is 8.59. The Labute approximate surface area is 103 Å². The highest BCUT2D eigenvalue weighted by Crippen LogP contribution is 2.40. The third kappa shape index (κ3) is 1.46. The van der Waals surface area contributed by atoms with Crippen molar-refractivity contribution in [2.24, 2.45) is 0 Å². The maximum absolute atomic E-state index is 12.1. The van der Waals surface area contributed by atoms with E-state index in [-0.39, 0.29) is 11.7 Å². The molecule has 6 heteroatoms. The summed E-state index contributed by atoms with van der Waals surface area (Å²) in [5, 5.41) is 19.6. The molecule has 93 valence electrons. The monoisotopic (exact) mass is 246 g/mol. The van der Waals surface area contributed by atoms with E-state index in [1.54, 1.807) is 18.2 Å². The molecule has 1 saturated carbocycles. The first kappa shape index (κ1) is 10.8. The zero-order valence-electron chi connectivity index (χ0n) is 9.50. The molecule has 0 bridgehead atoms. The summed E-state index contributed by atoms with van der Waals surface area (Å²) in [5.74, 6) is -0.879. The smallest absolute Gasteiger partial charge is 0.338 e. The van der Waals surface area contributed by atoms with Crippen LogP contribution in [0.5, 0.6) is 11.8 Å². The molecule has 1 aliphatic carbocycles. The van der Waals surface area contributed by atoms with Crippen LogP contribution < -0.4 is 11.4 Å². The van der Waals surface area contributed by atoms with Gasteiger partial charge in [0.15, 0.2) is 0 Å². The lowest BCUT2D eigenvalue weighted by molar-refractivity contribution is 0.363. The van der Waals surface area contributed by atoms with E-state index in [2.05, 4.69) is 0 Å². The van der Waals surface area contributed by atoms with Crippen molar-refractivity contribution in [1.29, 1.82) is 0 Å². The van der Waals surface area contributed by atoms with Gasteiger partial charge in [-0.1, -0.05) is 6.07 Å². The molecular formula is C12H12N3O3. The van der Waals surface area contributed by atoms with Crippen molar-refractivity contribution < 1.29 is 10.2 Å². The van der Waals surface area contributed by atoms with E-state index < -0.39 is 17.4 Å². The minimum absolute atomic E-state index is 0.0242. The van der Waals surface area contributed by atoms with Gasteiger partial charge in [0.1, 0.15) is 0 Å². The van der Waals surface area contributed by atoms with E-state index >= 15 is 0 Å². The van der Waals surface area contributed by atoms with Crippen molar-refractivity contribution in [1.82, 2.24) is 14.9 Å². The first-order valence-corrected chi connectivity index (χ1v) is 5.67. The van der Waals surface area contributed by atoms with Gasteiger partial charge in [0.05, 0.1) is 11.4 Å². The summed E-state index contributed by atoms with van der Waals surface area (Å²) >= 11 is 0. The number of imidazole rings is 1. The summed E-state index contributed by atoms with van der Waals surface area (Å²) in [6.45, 7) is 0. The molecule has 2 aromatic rings. The first-order valence-electron chi connectivity index (χ1n) is 5.67. The van der Waals surface area contributed by atoms with Gasteiger partial charge in [0.25, 0.3) is 11.8 Å². The summed E-state index contributed by atoms with van der Waals surface area (Å²) in [7, 11) is 0. The van der Waals surface area contributed by atoms with Crippen molar-refractivity contribution in [2.45, 2.75) is 18.9 Å². The largest absolute Gasteiger partial charge is 0.491 e. The van der Waals surface area contributed by atoms with E-state index in [1.807, 2.05) is 0 Å². The average Bonchev–Trinajstić information content (AvgIpc) is 3.10. The third-order valence-corrected chi connectivity index (χ3v) is 3.05. The molecule has 3 N–H and O–H groups in total. The lowest BCUT2D eigenvalue weighted by atomic mass is 10.3. The highest BCUT2D eigenvalue weighted by Gasteiger charge is 2.32. The third-order valence-electron chi connectivity index (χ3n) is 3.05. The van der Waals surface area contributed by atoms with Crippen LogP contribution in [0.3, 0.4) is 0 Å². The van der Waals surface area contributed by atoms with Gasteiger partial charge in [0, 0.05) is 6.04 Å². The van der Waals surface area contributed by atoms with Gasteiger partial charge in [-0.15, -0.1) is 0 Å². The highest BCUT2D eigenvalue weighted by molar-refractivity contribution is 5.48. The van der Waals surface area contributed by atoms with Crippen LogP contribution in [0.1, 0.15) is 18.9 Å². The molecule has 0 atom stereocenters. The Morgan fingerprint density at radius 3 is 2.56 bits per heavy atom. The maximum Gasteiger partial charge on any atom is 0.338 e. The molecule has 0 amide bonds. The van der Waals surface area contributed by atoms with Crippen LogP contribution in [0.4, 0.5) is 5.69 Å². The lowest BCUT2D eigenvalue weighted by Gasteiger charge is -2.02. The predicted octanol–water partition coefficient (Wildman–Crippen LogP) is 1.30. The van der Waals surface area contributed by atoms with Crippen LogP contribution >= 0.6 is 0 Å². The number of nitrogens with one attached hydrogen (secondary N) is 1. The van der Waals surface area contributed by atoms with E-state index in [1.165, 1.54) is 10.6 Å². The minimum atomic E-state index is -0.475. The number of rotatable bonds is 2. The second-order valence-corrected chi connectivity index (χ2v) is 4.42. The lowest BCUT2D eigenvalue weighted by Crippen LogP contribution is -2.22. The van der Waals surface area contributed by atoms with Crippen molar-refractivity contribution in [2.75, 3.05) is 0 Å². The van der Waals surface area contributed by atoms with Crippen LogP contribution in [0.2, 0.25) is 0 Å². The second-order valence-electron chi connectivity index (χ2n) is 4.42. The zero-order valence-corrected chi connectivity index (χ0v) is 9.50. The topological polar surface area (TPSA) is 91.2 Å². The van der Waals surface area contributed by atoms with Gasteiger partial charge >= 0.3 is 5.69 Å². The number of nitrogens with zero attached hydrogens (tertiary/aromatic N) is 2. The predicted molar refractivity (Wildman–Crippen MR) is 64.4 cm³/mol. The second kappa shape index (κ2) is 3.56. The molecular weight excluding hydrogens is 234 g/mol. The number of hydrogen-bond donors (Lipinski definition) is 2. The normalized spacial score (nSPS) is 14.9. The Hall–Kier alpha value is -2.37. The van der Waals surface area contributed by atoms with Crippen LogP contribution in [0.15, 0.2) is 29.1 Å². The van der Waals surface area contributed by atoms with Gasteiger partial charge in [-0.3, -0.25) is 4.57 Å². The van der Waals surface area contributed by atoms with E-state index in [0.29, 0.717) is 5.69 Å². The van der Waals surface area contributed by atoms with E-state index in [9.17, 15) is 15.0 Å². The molecule has 3 rings (SSSR count). The Balaban J connectivity index is 2.24. The molecule has 1 radical (unpaired) electrons. The van der Waals surface area contributed by atoms with Crippen LogP contribution in [0.25, 0.3) is 5.69 Å². The van der Waals surface area contributed by atoms with E-state index in [0.717, 1.165) is 17.4 Å². The number of benzene rings is 1. The molecule has 1 aromatic carbocycles. The Morgan fingerprint density at radius 1 is 1.22 bits per heavy atom. The molecule has 0 saturated heterocycles. The maximum atomic E-state index is 12.1. The number of aromatic hydroxyl groups is 2. The zero-order chi connectivity index (χ0) is 12.9. The summed E-state index contributed by atoms with van der Waals surface area (Å²) < 4.78 is 2.22. The highest BCUT2D eigenvalue weighted by atomic mass is 16.3. The minimum Gasteiger partial charge on any atom is -0.491 e. The molecule has 1 fully saturated rings. The van der Waals surface area contributed by atoms with Crippen molar-refractivity contribution in [3.05, 3.63) is 34.7 Å². The van der Waals surface area contributed by atoms with Gasteiger partial charge < -0.3 is 15.9 Å². The average molecular weight is 246 g/mol. The molecule has 6 nitrogen and oxygen atoms in total. The van der Waals surface area contributed by atoms with Crippen molar-refractivity contribution >= 4 is 5.69 Å². The molecule has 1 aliphatic rings. The van der Waals surface area contributed by atoms with Crippen LogP contribution in [-0.4, -0.2) is 19.3 Å². The molecule has 1 heterocycles. The molecule has 0 unspecified atom stereocenters. The van der Waals surface area contributed by atoms with Gasteiger partial charge in [0.2, 0.25) is 0 Å². The Kier molecular flexibility index (Phi) is 2.13. The quantitative estimate of drug-likeness (QED) is 0.836. The Bertz CT molecular complexity index is 668. The van der Waals surface area contributed by atoms with Crippen LogP contribution in [-0.2, 0) is 0 Å². The molecule has 0 aliphatic heterocycles. The van der Waals surface area contributed by atoms with Crippen molar-refractivity contribution in [3.63, 3.8) is 0 Å².